The van der Waals surface area contributed by atoms with Gasteiger partial charge in [0, 0.05) is 19.3 Å². The van der Waals surface area contributed by atoms with Crippen LogP contribution < -0.4 is 0 Å². The molecule has 1 atom stereocenters. The Kier molecular flexibility index (Phi) is 65.4. The van der Waals surface area contributed by atoms with E-state index in [-0.39, 0.29) is 31.1 Å². The number of carbonyl (C=O) groups is 3. The van der Waals surface area contributed by atoms with Gasteiger partial charge in [-0.25, -0.2) is 0 Å². The maximum Gasteiger partial charge on any atom is 0.306 e. The van der Waals surface area contributed by atoms with Gasteiger partial charge >= 0.3 is 17.9 Å². The van der Waals surface area contributed by atoms with Gasteiger partial charge in [-0.3, -0.25) is 14.4 Å². The Morgan fingerprint density at radius 2 is 0.470 bits per heavy atom. The minimum absolute atomic E-state index is 0.0860. The van der Waals surface area contributed by atoms with E-state index in [0.717, 1.165) is 161 Å². The number of hydrogen-bond acceptors (Lipinski definition) is 6. The molecule has 0 aliphatic carbocycles. The molecule has 0 saturated carbocycles. The zero-order valence-corrected chi connectivity index (χ0v) is 53.7. The molecule has 0 aliphatic rings. The van der Waals surface area contributed by atoms with Crippen LogP contribution in [0.25, 0.3) is 0 Å². The second kappa shape index (κ2) is 69.5. The summed E-state index contributed by atoms with van der Waals surface area (Å²) in [6, 6.07) is 0. The average Bonchev–Trinajstić information content (AvgIpc) is 3.49. The van der Waals surface area contributed by atoms with Gasteiger partial charge in [0.05, 0.1) is 0 Å². The predicted octanol–water partition coefficient (Wildman–Crippen LogP) is 23.7. The van der Waals surface area contributed by atoms with E-state index in [4.69, 9.17) is 14.2 Å². The van der Waals surface area contributed by atoms with E-state index < -0.39 is 6.10 Å². The monoisotopic (exact) mass is 1140 g/mol. The highest BCUT2D eigenvalue weighted by Crippen LogP contribution is 2.16. The molecular weight excluding hydrogens is 1020 g/mol. The normalized spacial score (nSPS) is 13.1. The lowest BCUT2D eigenvalue weighted by atomic mass is 10.1. The molecule has 0 aromatic rings. The van der Waals surface area contributed by atoms with Crippen LogP contribution in [0, 0.1) is 0 Å². The molecule has 0 spiro atoms. The van der Waals surface area contributed by atoms with Crippen LogP contribution in [0.2, 0.25) is 0 Å². The first-order chi connectivity index (χ1) is 41.0. The minimum atomic E-state index is -0.786. The summed E-state index contributed by atoms with van der Waals surface area (Å²) in [5, 5.41) is 0. The molecule has 0 rings (SSSR count). The SMILES string of the molecule is CC/C=C\C/C=C\C/C=C\C/C=C\C/C=C\C/C=C\C/C=C\C/C=C\CCCCCCCCCCCCC(=O)OCC(COC(=O)CCCCCCC)OC(=O)CCCCCCCCCCC/C=C\C/C=C\C/C=C\C/C=C\C/C=C\CC. The largest absolute Gasteiger partial charge is 0.462 e. The summed E-state index contributed by atoms with van der Waals surface area (Å²) in [5.74, 6) is -0.911. The Morgan fingerprint density at radius 3 is 0.735 bits per heavy atom. The van der Waals surface area contributed by atoms with Crippen LogP contribution in [0.4, 0.5) is 0 Å². The Hall–Kier alpha value is -4.97. The maximum atomic E-state index is 12.8. The summed E-state index contributed by atoms with van der Waals surface area (Å²) in [6.07, 6.45) is 102. The van der Waals surface area contributed by atoms with Crippen molar-refractivity contribution in [1.82, 2.24) is 0 Å². The molecule has 0 heterocycles. The van der Waals surface area contributed by atoms with Crippen molar-refractivity contribution >= 4 is 17.9 Å². The highest BCUT2D eigenvalue weighted by molar-refractivity contribution is 5.71. The highest BCUT2D eigenvalue weighted by Gasteiger charge is 2.19. The smallest absolute Gasteiger partial charge is 0.306 e. The van der Waals surface area contributed by atoms with Crippen LogP contribution in [0.1, 0.15) is 290 Å². The quantitative estimate of drug-likeness (QED) is 0.0261. The number of unbranched alkanes of at least 4 members (excludes halogenated alkanes) is 23. The first-order valence-corrected chi connectivity index (χ1v) is 34.0. The van der Waals surface area contributed by atoms with Gasteiger partial charge in [-0.1, -0.05) is 301 Å². The van der Waals surface area contributed by atoms with Gasteiger partial charge in [0.15, 0.2) is 6.10 Å². The van der Waals surface area contributed by atoms with Crippen molar-refractivity contribution in [3.05, 3.63) is 158 Å². The summed E-state index contributed by atoms with van der Waals surface area (Å²) in [7, 11) is 0. The topological polar surface area (TPSA) is 78.9 Å². The number of allylic oxidation sites excluding steroid dienone is 26. The third-order valence-electron chi connectivity index (χ3n) is 14.0. The van der Waals surface area contributed by atoms with Crippen molar-refractivity contribution in [2.24, 2.45) is 0 Å². The van der Waals surface area contributed by atoms with E-state index in [2.05, 4.69) is 179 Å². The molecule has 6 nitrogen and oxygen atoms in total. The molecule has 0 amide bonds. The molecule has 0 radical (unpaired) electrons. The average molecular weight is 1150 g/mol. The third kappa shape index (κ3) is 67.7. The Labute approximate surface area is 511 Å². The van der Waals surface area contributed by atoms with Crippen molar-refractivity contribution < 1.29 is 28.6 Å². The fraction of sp³-hybridized carbons (Fsp3) is 0.623. The van der Waals surface area contributed by atoms with Gasteiger partial charge in [0.2, 0.25) is 0 Å². The third-order valence-corrected chi connectivity index (χ3v) is 14.0. The lowest BCUT2D eigenvalue weighted by Gasteiger charge is -2.18. The molecular formula is C77H124O6. The molecule has 1 unspecified atom stereocenters. The number of esters is 3. The van der Waals surface area contributed by atoms with E-state index in [1.165, 1.54) is 89.9 Å². The van der Waals surface area contributed by atoms with E-state index in [1.807, 2.05) is 0 Å². The zero-order valence-electron chi connectivity index (χ0n) is 53.7. The number of ether oxygens (including phenoxy) is 3. The number of carbonyl (C=O) groups excluding carboxylic acids is 3. The van der Waals surface area contributed by atoms with Gasteiger partial charge in [-0.05, 0) is 128 Å². The van der Waals surface area contributed by atoms with Crippen LogP contribution in [0.3, 0.4) is 0 Å². The van der Waals surface area contributed by atoms with Crippen LogP contribution in [-0.2, 0) is 28.6 Å². The van der Waals surface area contributed by atoms with Crippen LogP contribution in [0.15, 0.2) is 158 Å². The van der Waals surface area contributed by atoms with Gasteiger partial charge in [-0.15, -0.1) is 0 Å². The molecule has 0 aromatic heterocycles. The predicted molar refractivity (Wildman–Crippen MR) is 362 cm³/mol. The molecule has 0 saturated heterocycles. The molecule has 83 heavy (non-hydrogen) atoms. The van der Waals surface area contributed by atoms with E-state index in [0.29, 0.717) is 19.3 Å². The molecule has 0 fully saturated rings. The summed E-state index contributed by atoms with van der Waals surface area (Å²) in [4.78, 5) is 38.0. The van der Waals surface area contributed by atoms with Crippen molar-refractivity contribution in [3.63, 3.8) is 0 Å². The summed E-state index contributed by atoms with van der Waals surface area (Å²) >= 11 is 0. The summed E-state index contributed by atoms with van der Waals surface area (Å²) in [6.45, 7) is 6.32. The van der Waals surface area contributed by atoms with Gasteiger partial charge in [0.1, 0.15) is 13.2 Å². The lowest BCUT2D eigenvalue weighted by molar-refractivity contribution is -0.167. The number of rotatable bonds is 60. The fourth-order valence-corrected chi connectivity index (χ4v) is 9.01. The Bertz CT molecular complexity index is 1840. The van der Waals surface area contributed by atoms with Crippen molar-refractivity contribution in [2.45, 2.75) is 297 Å². The molecule has 0 N–H and O–H groups in total. The van der Waals surface area contributed by atoms with Crippen molar-refractivity contribution in [3.8, 4) is 0 Å². The second-order valence-electron chi connectivity index (χ2n) is 22.0. The van der Waals surface area contributed by atoms with E-state index in [9.17, 15) is 14.4 Å². The van der Waals surface area contributed by atoms with Crippen molar-refractivity contribution in [2.75, 3.05) is 13.2 Å². The first-order valence-electron chi connectivity index (χ1n) is 34.0. The summed E-state index contributed by atoms with van der Waals surface area (Å²) in [5.41, 5.74) is 0. The molecule has 468 valence electrons. The minimum Gasteiger partial charge on any atom is -0.462 e. The zero-order chi connectivity index (χ0) is 59.9. The van der Waals surface area contributed by atoms with Gasteiger partial charge in [0.25, 0.3) is 0 Å². The second-order valence-corrected chi connectivity index (χ2v) is 22.0. The Morgan fingerprint density at radius 1 is 0.253 bits per heavy atom. The van der Waals surface area contributed by atoms with Crippen molar-refractivity contribution in [1.29, 1.82) is 0 Å². The standard InChI is InChI=1S/C77H124O6/c1-4-7-10-13-15-17-19-21-23-25-27-29-31-33-34-35-36-37-38-39-40-41-42-44-45-47-49-51-53-55-57-59-61-64-67-70-76(79)82-73-74(72-81-75(78)69-66-63-12-9-6-3)83-77(80)71-68-65-62-60-58-56-54-52-50-48-46-43-32-30-28-26-24-22-20-18-16-14-11-8-5-2/h7-8,10-11,15-18,21-24,27-30,33-34,36-37,39-40,42-44,46,74H,4-6,9,12-14,19-20,25-26,31-32,35,38,41,45,47-73H2,1-3H3/b10-7-,11-8-,17-15-,18-16-,23-21-,24-22-,29-27-,30-28-,34-33-,37-36-,40-39-,44-42-,46-43-. The Balaban J connectivity index is 4.06. The summed E-state index contributed by atoms with van der Waals surface area (Å²) < 4.78 is 16.8. The highest BCUT2D eigenvalue weighted by atomic mass is 16.6. The van der Waals surface area contributed by atoms with Gasteiger partial charge in [-0.2, -0.15) is 0 Å². The van der Waals surface area contributed by atoms with Gasteiger partial charge < -0.3 is 14.2 Å². The molecule has 6 heteroatoms. The maximum absolute atomic E-state index is 12.8. The molecule has 0 aliphatic heterocycles. The van der Waals surface area contributed by atoms with E-state index >= 15 is 0 Å². The number of hydrogen-bond donors (Lipinski definition) is 0. The van der Waals surface area contributed by atoms with Crippen LogP contribution >= 0.6 is 0 Å². The van der Waals surface area contributed by atoms with Crippen LogP contribution in [0.5, 0.6) is 0 Å². The first kappa shape index (κ1) is 78.0. The van der Waals surface area contributed by atoms with E-state index in [1.54, 1.807) is 0 Å². The fourth-order valence-electron chi connectivity index (χ4n) is 9.01. The molecule has 0 aromatic carbocycles. The molecule has 0 bridgehead atoms. The lowest BCUT2D eigenvalue weighted by Crippen LogP contribution is -2.30. The van der Waals surface area contributed by atoms with Crippen LogP contribution in [-0.4, -0.2) is 37.2 Å².